The van der Waals surface area contributed by atoms with Crippen LogP contribution in [0.25, 0.3) is 0 Å². The Morgan fingerprint density at radius 1 is 1.25 bits per heavy atom. The normalized spacial score (nSPS) is 10.1. The molecule has 1 heterocycles. The van der Waals surface area contributed by atoms with E-state index in [1.54, 1.807) is 19.2 Å². The van der Waals surface area contributed by atoms with Crippen molar-refractivity contribution in [1.82, 2.24) is 10.2 Å². The number of rotatable bonds is 4. The summed E-state index contributed by atoms with van der Waals surface area (Å²) in [5.74, 6) is 1.20. The monoisotopic (exact) mass is 238 g/mol. The molecule has 0 bridgehead atoms. The molecule has 0 aliphatic carbocycles. The van der Waals surface area contributed by atoms with Crippen molar-refractivity contribution >= 4 is 11.3 Å². The van der Waals surface area contributed by atoms with E-state index in [0.717, 1.165) is 0 Å². The first-order valence-corrected chi connectivity index (χ1v) is 5.39. The molecule has 0 aliphatic rings. The van der Waals surface area contributed by atoms with E-state index in [0.29, 0.717) is 21.7 Å². The second-order valence-corrected chi connectivity index (χ2v) is 3.90. The molecule has 1 aromatic heterocycles. The Morgan fingerprint density at radius 2 is 2.00 bits per heavy atom. The number of ether oxygens (including phenoxy) is 2. The molecule has 5 nitrogen and oxygen atoms in total. The molecule has 2 rings (SSSR count). The van der Waals surface area contributed by atoms with Crippen LogP contribution in [0.3, 0.4) is 0 Å². The fourth-order valence-corrected chi connectivity index (χ4v) is 1.70. The zero-order chi connectivity index (χ0) is 11.4. The minimum Gasteiger partial charge on any atom is -0.493 e. The minimum absolute atomic E-state index is 0.132. The van der Waals surface area contributed by atoms with Crippen LogP contribution in [0, 0.1) is 0 Å². The molecular formula is C10H10N2O3S. The second-order valence-electron chi connectivity index (χ2n) is 2.87. The minimum atomic E-state index is -0.132. The number of para-hydroxylation sites is 2. The number of aliphatic hydroxyl groups is 1. The molecule has 0 radical (unpaired) electrons. The maximum atomic E-state index is 8.85. The molecule has 0 amide bonds. The fraction of sp³-hybridized carbons (Fsp3) is 0.200. The van der Waals surface area contributed by atoms with Gasteiger partial charge in [0.1, 0.15) is 5.01 Å². The van der Waals surface area contributed by atoms with Crippen LogP contribution in [-0.2, 0) is 6.61 Å². The first-order chi connectivity index (χ1) is 7.83. The van der Waals surface area contributed by atoms with Crippen LogP contribution in [0.15, 0.2) is 24.3 Å². The molecule has 16 heavy (non-hydrogen) atoms. The molecule has 1 N–H and O–H groups in total. The lowest BCUT2D eigenvalue weighted by atomic mass is 10.3. The predicted octanol–water partition coefficient (Wildman–Crippen LogP) is 1.83. The van der Waals surface area contributed by atoms with Gasteiger partial charge in [0.25, 0.3) is 5.19 Å². The van der Waals surface area contributed by atoms with E-state index in [4.69, 9.17) is 14.6 Å². The van der Waals surface area contributed by atoms with E-state index < -0.39 is 0 Å². The Bertz CT molecular complexity index is 473. The van der Waals surface area contributed by atoms with Gasteiger partial charge in [0.15, 0.2) is 11.5 Å². The van der Waals surface area contributed by atoms with Crippen LogP contribution in [0.5, 0.6) is 16.7 Å². The number of aromatic nitrogens is 2. The highest BCUT2D eigenvalue weighted by Crippen LogP contribution is 2.32. The molecule has 0 saturated carbocycles. The van der Waals surface area contributed by atoms with E-state index in [9.17, 15) is 0 Å². The SMILES string of the molecule is COc1ccccc1Oc1nnc(CO)s1. The van der Waals surface area contributed by atoms with Gasteiger partial charge in [-0.15, -0.1) is 5.10 Å². The summed E-state index contributed by atoms with van der Waals surface area (Å²) in [5, 5.41) is 17.3. The summed E-state index contributed by atoms with van der Waals surface area (Å²) in [5.41, 5.74) is 0. The van der Waals surface area contributed by atoms with E-state index >= 15 is 0 Å². The van der Waals surface area contributed by atoms with Crippen LogP contribution in [0.4, 0.5) is 0 Å². The molecule has 0 atom stereocenters. The average molecular weight is 238 g/mol. The average Bonchev–Trinajstić information content (AvgIpc) is 2.77. The van der Waals surface area contributed by atoms with Crippen LogP contribution in [-0.4, -0.2) is 22.4 Å². The lowest BCUT2D eigenvalue weighted by Gasteiger charge is -2.06. The van der Waals surface area contributed by atoms with Gasteiger partial charge < -0.3 is 14.6 Å². The maximum absolute atomic E-state index is 8.85. The molecule has 0 spiro atoms. The summed E-state index contributed by atoms with van der Waals surface area (Å²) in [7, 11) is 1.57. The summed E-state index contributed by atoms with van der Waals surface area (Å²) >= 11 is 1.20. The van der Waals surface area contributed by atoms with E-state index in [1.165, 1.54) is 11.3 Å². The van der Waals surface area contributed by atoms with E-state index in [-0.39, 0.29) is 6.61 Å². The van der Waals surface area contributed by atoms with Crippen molar-refractivity contribution in [2.75, 3.05) is 7.11 Å². The van der Waals surface area contributed by atoms with Crippen molar-refractivity contribution in [2.24, 2.45) is 0 Å². The maximum Gasteiger partial charge on any atom is 0.299 e. The van der Waals surface area contributed by atoms with E-state index in [2.05, 4.69) is 10.2 Å². The van der Waals surface area contributed by atoms with Crippen molar-refractivity contribution in [1.29, 1.82) is 0 Å². The summed E-state index contributed by atoms with van der Waals surface area (Å²) < 4.78 is 10.6. The number of hydrogen-bond donors (Lipinski definition) is 1. The third-order valence-corrected chi connectivity index (χ3v) is 2.64. The number of methoxy groups -OCH3 is 1. The van der Waals surface area contributed by atoms with Gasteiger partial charge in [-0.1, -0.05) is 28.6 Å². The lowest BCUT2D eigenvalue weighted by molar-refractivity contribution is 0.280. The van der Waals surface area contributed by atoms with Crippen LogP contribution >= 0.6 is 11.3 Å². The second kappa shape index (κ2) is 4.91. The van der Waals surface area contributed by atoms with Crippen molar-refractivity contribution in [3.05, 3.63) is 29.3 Å². The van der Waals surface area contributed by atoms with Gasteiger partial charge in [-0.2, -0.15) is 0 Å². The van der Waals surface area contributed by atoms with Crippen molar-refractivity contribution in [3.63, 3.8) is 0 Å². The topological polar surface area (TPSA) is 64.5 Å². The highest BCUT2D eigenvalue weighted by molar-refractivity contribution is 7.13. The number of hydrogen-bond acceptors (Lipinski definition) is 6. The molecule has 0 fully saturated rings. The molecule has 0 aliphatic heterocycles. The van der Waals surface area contributed by atoms with Gasteiger partial charge in [-0.3, -0.25) is 0 Å². The fourth-order valence-electron chi connectivity index (χ4n) is 1.14. The Morgan fingerprint density at radius 3 is 2.62 bits per heavy atom. The molecular weight excluding hydrogens is 228 g/mol. The predicted molar refractivity (Wildman–Crippen MR) is 58.9 cm³/mol. The molecule has 2 aromatic rings. The molecule has 84 valence electrons. The Balaban J connectivity index is 2.19. The Kier molecular flexibility index (Phi) is 3.33. The summed E-state index contributed by atoms with van der Waals surface area (Å²) in [6.07, 6.45) is 0. The zero-order valence-electron chi connectivity index (χ0n) is 8.58. The Labute approximate surface area is 96.3 Å². The molecule has 1 aromatic carbocycles. The van der Waals surface area contributed by atoms with Crippen molar-refractivity contribution in [3.8, 4) is 16.7 Å². The molecule has 0 saturated heterocycles. The van der Waals surface area contributed by atoms with Gasteiger partial charge in [-0.05, 0) is 12.1 Å². The number of aliphatic hydroxyl groups excluding tert-OH is 1. The largest absolute Gasteiger partial charge is 0.493 e. The number of nitrogens with zero attached hydrogens (tertiary/aromatic N) is 2. The standard InChI is InChI=1S/C10H10N2O3S/c1-14-7-4-2-3-5-8(7)15-10-12-11-9(6-13)16-10/h2-5,13H,6H2,1H3. The van der Waals surface area contributed by atoms with Gasteiger partial charge in [-0.25, -0.2) is 0 Å². The van der Waals surface area contributed by atoms with Gasteiger partial charge in [0.2, 0.25) is 0 Å². The first kappa shape index (κ1) is 10.8. The molecule has 0 unspecified atom stereocenters. The van der Waals surface area contributed by atoms with Crippen molar-refractivity contribution < 1.29 is 14.6 Å². The highest BCUT2D eigenvalue weighted by atomic mass is 32.1. The molecule has 6 heteroatoms. The van der Waals surface area contributed by atoms with Gasteiger partial charge in [0.05, 0.1) is 13.7 Å². The van der Waals surface area contributed by atoms with Gasteiger partial charge in [0, 0.05) is 0 Å². The highest BCUT2D eigenvalue weighted by Gasteiger charge is 2.08. The summed E-state index contributed by atoms with van der Waals surface area (Å²) in [6, 6.07) is 7.26. The Hall–Kier alpha value is -1.66. The smallest absolute Gasteiger partial charge is 0.299 e. The summed E-state index contributed by atoms with van der Waals surface area (Å²) in [6.45, 7) is -0.132. The third-order valence-electron chi connectivity index (χ3n) is 1.85. The quantitative estimate of drug-likeness (QED) is 0.880. The van der Waals surface area contributed by atoms with Crippen LogP contribution in [0.1, 0.15) is 5.01 Å². The zero-order valence-corrected chi connectivity index (χ0v) is 9.40. The first-order valence-electron chi connectivity index (χ1n) is 4.57. The van der Waals surface area contributed by atoms with Gasteiger partial charge >= 0.3 is 0 Å². The number of benzene rings is 1. The van der Waals surface area contributed by atoms with Crippen molar-refractivity contribution in [2.45, 2.75) is 6.61 Å². The summed E-state index contributed by atoms with van der Waals surface area (Å²) in [4.78, 5) is 0. The van der Waals surface area contributed by atoms with E-state index in [1.807, 2.05) is 12.1 Å². The third kappa shape index (κ3) is 2.29. The van der Waals surface area contributed by atoms with Crippen LogP contribution in [0.2, 0.25) is 0 Å². The van der Waals surface area contributed by atoms with Crippen LogP contribution < -0.4 is 9.47 Å². The lowest BCUT2D eigenvalue weighted by Crippen LogP contribution is -1.89.